The van der Waals surface area contributed by atoms with Crippen molar-refractivity contribution < 1.29 is 18.7 Å². The number of rotatable bonds is 8. The number of benzene rings is 1. The lowest BCUT2D eigenvalue weighted by molar-refractivity contribution is -0.137. The minimum atomic E-state index is -0.428. The van der Waals surface area contributed by atoms with Crippen molar-refractivity contribution in [1.82, 2.24) is 0 Å². The molecule has 0 fully saturated rings. The molecule has 0 aromatic heterocycles. The number of fused-ring (bicyclic) bond motifs is 1. The molecule has 0 saturated carbocycles. The fraction of sp³-hybridized carbons (Fsp3) is 0.423. The van der Waals surface area contributed by atoms with Gasteiger partial charge in [0.1, 0.15) is 11.6 Å². The van der Waals surface area contributed by atoms with Crippen molar-refractivity contribution >= 4 is 17.6 Å². The van der Waals surface area contributed by atoms with Crippen LogP contribution >= 0.6 is 0 Å². The van der Waals surface area contributed by atoms with E-state index in [0.29, 0.717) is 36.5 Å². The van der Waals surface area contributed by atoms with Crippen molar-refractivity contribution in [2.45, 2.75) is 59.8 Å². The van der Waals surface area contributed by atoms with Gasteiger partial charge < -0.3 is 9.47 Å². The van der Waals surface area contributed by atoms with Crippen LogP contribution in [0.15, 0.2) is 47.8 Å². The predicted octanol–water partition coefficient (Wildman–Crippen LogP) is 6.94. The normalized spacial score (nSPS) is 16.3. The maximum Gasteiger partial charge on any atom is 0.330 e. The first-order valence-electron chi connectivity index (χ1n) is 10.6. The van der Waals surface area contributed by atoms with E-state index in [9.17, 15) is 4.79 Å². The molecule has 4 heteroatoms. The standard InChI is InChI=1S/C26H33FO3/c1-7-20(23(27)13-12-18(4)15-25(28)30-9-3)21-16-19-11-10-14-26(5,6)22(19)17-24(21)29-8-2/h10-13,15-17H,7-9,14H2,1-6H3/b13-12+,18-15+,23-20+. The summed E-state index contributed by atoms with van der Waals surface area (Å²) in [5, 5.41) is 0. The lowest BCUT2D eigenvalue weighted by Gasteiger charge is -2.30. The smallest absolute Gasteiger partial charge is 0.330 e. The van der Waals surface area contributed by atoms with Crippen LogP contribution in [-0.4, -0.2) is 19.2 Å². The molecule has 1 aromatic rings. The summed E-state index contributed by atoms with van der Waals surface area (Å²) in [5.74, 6) is -0.0599. The Morgan fingerprint density at radius 1 is 1.17 bits per heavy atom. The number of hydrogen-bond acceptors (Lipinski definition) is 3. The van der Waals surface area contributed by atoms with Crippen LogP contribution in [0.5, 0.6) is 5.75 Å². The van der Waals surface area contributed by atoms with Crippen LogP contribution in [0.4, 0.5) is 4.39 Å². The van der Waals surface area contributed by atoms with Gasteiger partial charge in [0.05, 0.1) is 13.2 Å². The molecule has 0 unspecified atom stereocenters. The van der Waals surface area contributed by atoms with Crippen molar-refractivity contribution in [1.29, 1.82) is 0 Å². The molecular formula is C26H33FO3. The summed E-state index contributed by atoms with van der Waals surface area (Å²) in [5.41, 5.74) is 4.31. The maximum atomic E-state index is 15.2. The summed E-state index contributed by atoms with van der Waals surface area (Å²) in [7, 11) is 0. The topological polar surface area (TPSA) is 35.5 Å². The van der Waals surface area contributed by atoms with E-state index in [1.165, 1.54) is 17.7 Å². The fourth-order valence-corrected chi connectivity index (χ4v) is 3.63. The molecule has 0 bridgehead atoms. The molecule has 0 aliphatic heterocycles. The van der Waals surface area contributed by atoms with Gasteiger partial charge in [-0.05, 0) is 79.5 Å². The van der Waals surface area contributed by atoms with Gasteiger partial charge in [-0.15, -0.1) is 0 Å². The van der Waals surface area contributed by atoms with Crippen LogP contribution < -0.4 is 4.74 Å². The number of ether oxygens (including phenoxy) is 2. The van der Waals surface area contributed by atoms with Gasteiger partial charge in [0.2, 0.25) is 0 Å². The van der Waals surface area contributed by atoms with Crippen LogP contribution in [0.2, 0.25) is 0 Å². The molecule has 0 N–H and O–H groups in total. The Balaban J connectivity index is 2.49. The van der Waals surface area contributed by atoms with E-state index in [4.69, 9.17) is 9.47 Å². The largest absolute Gasteiger partial charge is 0.493 e. The minimum Gasteiger partial charge on any atom is -0.493 e. The zero-order valence-electron chi connectivity index (χ0n) is 19.0. The molecule has 162 valence electrons. The van der Waals surface area contributed by atoms with E-state index in [0.717, 1.165) is 17.5 Å². The highest BCUT2D eigenvalue weighted by Gasteiger charge is 2.27. The molecule has 1 aromatic carbocycles. The van der Waals surface area contributed by atoms with E-state index in [-0.39, 0.29) is 11.2 Å². The molecule has 0 amide bonds. The molecular weight excluding hydrogens is 379 g/mol. The number of halogens is 1. The van der Waals surface area contributed by atoms with E-state index < -0.39 is 5.97 Å². The number of allylic oxidation sites excluding steroid dienone is 6. The average molecular weight is 413 g/mol. The Bertz CT molecular complexity index is 901. The Labute approximate surface area is 180 Å². The van der Waals surface area contributed by atoms with Crippen molar-refractivity contribution in [3.05, 3.63) is 64.5 Å². The van der Waals surface area contributed by atoms with Gasteiger partial charge in [-0.1, -0.05) is 39.0 Å². The third-order valence-corrected chi connectivity index (χ3v) is 5.20. The molecule has 30 heavy (non-hydrogen) atoms. The molecule has 0 atom stereocenters. The van der Waals surface area contributed by atoms with Gasteiger partial charge in [-0.2, -0.15) is 0 Å². The Hall–Kier alpha value is -2.62. The number of carbonyl (C=O) groups excluding carboxylic acids is 1. The molecule has 3 nitrogen and oxygen atoms in total. The minimum absolute atomic E-state index is 0.0119. The van der Waals surface area contributed by atoms with Gasteiger partial charge in [0.25, 0.3) is 0 Å². The summed E-state index contributed by atoms with van der Waals surface area (Å²) in [6, 6.07) is 4.10. The highest BCUT2D eigenvalue weighted by Crippen LogP contribution is 2.41. The summed E-state index contributed by atoms with van der Waals surface area (Å²) >= 11 is 0. The number of esters is 1. The maximum absolute atomic E-state index is 15.2. The van der Waals surface area contributed by atoms with Crippen molar-refractivity contribution in [2.24, 2.45) is 0 Å². The summed E-state index contributed by atoms with van der Waals surface area (Å²) in [4.78, 5) is 11.6. The van der Waals surface area contributed by atoms with E-state index in [1.54, 1.807) is 19.9 Å². The van der Waals surface area contributed by atoms with Crippen LogP contribution in [0, 0.1) is 0 Å². The van der Waals surface area contributed by atoms with Crippen LogP contribution in [0.3, 0.4) is 0 Å². The first kappa shape index (κ1) is 23.7. The van der Waals surface area contributed by atoms with Gasteiger partial charge in [-0.25, -0.2) is 9.18 Å². The van der Waals surface area contributed by atoms with Crippen molar-refractivity contribution in [3.8, 4) is 5.75 Å². The molecule has 0 heterocycles. The first-order valence-corrected chi connectivity index (χ1v) is 10.6. The van der Waals surface area contributed by atoms with Crippen LogP contribution in [-0.2, 0) is 14.9 Å². The Kier molecular flexibility index (Phi) is 8.22. The average Bonchev–Trinajstić information content (AvgIpc) is 2.68. The van der Waals surface area contributed by atoms with Crippen LogP contribution in [0.25, 0.3) is 11.6 Å². The lowest BCUT2D eigenvalue weighted by Crippen LogP contribution is -2.20. The highest BCUT2D eigenvalue weighted by atomic mass is 19.1. The molecule has 2 rings (SSSR count). The zero-order valence-corrected chi connectivity index (χ0v) is 19.0. The molecule has 0 spiro atoms. The Morgan fingerprint density at radius 2 is 1.90 bits per heavy atom. The van der Waals surface area contributed by atoms with Gasteiger partial charge in [0, 0.05) is 11.6 Å². The molecule has 0 saturated heterocycles. The highest BCUT2D eigenvalue weighted by molar-refractivity contribution is 5.83. The second-order valence-corrected chi connectivity index (χ2v) is 8.01. The van der Waals surface area contributed by atoms with E-state index in [1.807, 2.05) is 19.9 Å². The summed E-state index contributed by atoms with van der Waals surface area (Å²) < 4.78 is 26.0. The third-order valence-electron chi connectivity index (χ3n) is 5.20. The van der Waals surface area contributed by atoms with Gasteiger partial charge in [0.15, 0.2) is 0 Å². The quantitative estimate of drug-likeness (QED) is 0.264. The van der Waals surface area contributed by atoms with Crippen molar-refractivity contribution in [2.75, 3.05) is 13.2 Å². The van der Waals surface area contributed by atoms with Crippen LogP contribution in [0.1, 0.15) is 71.1 Å². The molecule has 1 aliphatic carbocycles. The monoisotopic (exact) mass is 412 g/mol. The lowest BCUT2D eigenvalue weighted by atomic mass is 9.75. The number of hydrogen-bond donors (Lipinski definition) is 0. The third kappa shape index (κ3) is 5.71. The molecule has 0 radical (unpaired) electrons. The summed E-state index contributed by atoms with van der Waals surface area (Å²) in [6.07, 6.45) is 10.1. The first-order chi connectivity index (χ1) is 14.2. The second-order valence-electron chi connectivity index (χ2n) is 8.01. The second kappa shape index (κ2) is 10.4. The number of carbonyl (C=O) groups is 1. The van der Waals surface area contributed by atoms with E-state index in [2.05, 4.69) is 32.1 Å². The Morgan fingerprint density at radius 3 is 2.53 bits per heavy atom. The summed E-state index contributed by atoms with van der Waals surface area (Å²) in [6.45, 7) is 12.6. The van der Waals surface area contributed by atoms with Gasteiger partial charge >= 0.3 is 5.97 Å². The van der Waals surface area contributed by atoms with Crippen molar-refractivity contribution in [3.63, 3.8) is 0 Å². The molecule has 1 aliphatic rings. The van der Waals surface area contributed by atoms with E-state index >= 15 is 4.39 Å². The zero-order chi connectivity index (χ0) is 22.3. The fourth-order valence-electron chi connectivity index (χ4n) is 3.63. The SMILES string of the molecule is CCOC(=O)/C=C(C)/C=C/C(F)=C(/CC)c1cc2c(cc1OCC)C(C)(C)CC=C2. The predicted molar refractivity (Wildman–Crippen MR) is 122 cm³/mol. The van der Waals surface area contributed by atoms with Gasteiger partial charge in [-0.3, -0.25) is 0 Å².